The van der Waals surface area contributed by atoms with Crippen LogP contribution in [0.25, 0.3) is 0 Å². The second kappa shape index (κ2) is 9.32. The Labute approximate surface area is 184 Å². The Balaban J connectivity index is 2.06. The average molecular weight is 444 g/mol. The van der Waals surface area contributed by atoms with Gasteiger partial charge in [0.25, 0.3) is 5.91 Å². The van der Waals surface area contributed by atoms with Crippen molar-refractivity contribution in [2.75, 3.05) is 0 Å². The number of carbonyl (C=O) groups excluding carboxylic acids is 2. The highest BCUT2D eigenvalue weighted by Crippen LogP contribution is 2.26. The van der Waals surface area contributed by atoms with E-state index in [2.05, 4.69) is 19.9 Å². The summed E-state index contributed by atoms with van der Waals surface area (Å²) < 4.78 is 3.79. The summed E-state index contributed by atoms with van der Waals surface area (Å²) in [4.78, 5) is 32.3. The van der Waals surface area contributed by atoms with E-state index < -0.39 is 17.5 Å². The Morgan fingerprint density at radius 3 is 2.50 bits per heavy atom. The first-order valence-corrected chi connectivity index (χ1v) is 10.5. The summed E-state index contributed by atoms with van der Waals surface area (Å²) >= 11 is 7.08. The maximum atomic E-state index is 13.4. The lowest BCUT2D eigenvalue weighted by Crippen LogP contribution is -2.49. The number of hydrogen-bond donors (Lipinski definition) is 1. The lowest BCUT2D eigenvalue weighted by molar-refractivity contribution is -0.127. The van der Waals surface area contributed by atoms with Crippen molar-refractivity contribution in [2.45, 2.75) is 38.9 Å². The van der Waals surface area contributed by atoms with Gasteiger partial charge in [0, 0.05) is 40.4 Å². The summed E-state index contributed by atoms with van der Waals surface area (Å²) in [6, 6.07) is 9.76. The smallest absolute Gasteiger partial charge is 0.276 e. The Kier molecular flexibility index (Phi) is 6.79. The van der Waals surface area contributed by atoms with Crippen LogP contribution in [0.4, 0.5) is 0 Å². The topological polar surface area (TPSA) is 88.1 Å². The van der Waals surface area contributed by atoms with E-state index in [1.165, 1.54) is 4.90 Å². The number of aromatic nitrogens is 3. The molecule has 9 heteroatoms. The van der Waals surface area contributed by atoms with E-state index in [-0.39, 0.29) is 18.1 Å². The van der Waals surface area contributed by atoms with E-state index in [1.54, 1.807) is 42.0 Å². The maximum absolute atomic E-state index is 13.4. The molecule has 7 nitrogen and oxygen atoms in total. The molecule has 0 radical (unpaired) electrons. The van der Waals surface area contributed by atoms with Gasteiger partial charge in [-0.2, -0.15) is 0 Å². The molecule has 1 N–H and O–H groups in total. The van der Waals surface area contributed by atoms with Gasteiger partial charge in [0.05, 0.1) is 0 Å². The number of nitrogens with one attached hydrogen (secondary N) is 1. The van der Waals surface area contributed by atoms with Crippen molar-refractivity contribution in [1.29, 1.82) is 0 Å². The minimum atomic E-state index is -0.900. The van der Waals surface area contributed by atoms with Crippen LogP contribution in [0.5, 0.6) is 0 Å². The molecule has 2 amide bonds. The summed E-state index contributed by atoms with van der Waals surface area (Å²) in [5.41, 5.74) is 1.14. The molecule has 0 spiro atoms. The first-order chi connectivity index (χ1) is 14.2. The standard InChI is InChI=1S/C21H22ClN5O2S/c1-21(2,3)24-19(28)18(15-5-4-10-23-11-15)27(20(29)17-13-30-26-25-17)12-14-6-8-16(22)9-7-14/h4-11,13,18H,12H2,1-3H3,(H,24,28)/t18-/m0/s1. The lowest BCUT2D eigenvalue weighted by Gasteiger charge is -2.33. The molecule has 2 heterocycles. The van der Waals surface area contributed by atoms with Crippen LogP contribution in [0.1, 0.15) is 48.4 Å². The third kappa shape index (κ3) is 5.61. The zero-order valence-corrected chi connectivity index (χ0v) is 18.4. The number of halogens is 1. The van der Waals surface area contributed by atoms with E-state index in [0.717, 1.165) is 17.1 Å². The minimum absolute atomic E-state index is 0.185. The lowest BCUT2D eigenvalue weighted by atomic mass is 10.0. The van der Waals surface area contributed by atoms with Gasteiger partial charge in [-0.1, -0.05) is 34.3 Å². The second-order valence-electron chi connectivity index (χ2n) is 7.78. The van der Waals surface area contributed by atoms with E-state index in [1.807, 2.05) is 32.9 Å². The van der Waals surface area contributed by atoms with Gasteiger partial charge < -0.3 is 10.2 Å². The van der Waals surface area contributed by atoms with Crippen molar-refractivity contribution in [3.05, 3.63) is 76.0 Å². The third-order valence-corrected chi connectivity index (χ3v) is 4.92. The zero-order chi connectivity index (χ0) is 21.7. The van der Waals surface area contributed by atoms with Crippen molar-refractivity contribution in [2.24, 2.45) is 0 Å². The van der Waals surface area contributed by atoms with Crippen molar-refractivity contribution in [3.63, 3.8) is 0 Å². The fraction of sp³-hybridized carbons (Fsp3) is 0.286. The molecule has 0 saturated heterocycles. The molecule has 1 atom stereocenters. The summed E-state index contributed by atoms with van der Waals surface area (Å²) in [6.07, 6.45) is 3.21. The van der Waals surface area contributed by atoms with Gasteiger partial charge in [-0.15, -0.1) is 5.10 Å². The van der Waals surface area contributed by atoms with Gasteiger partial charge >= 0.3 is 0 Å². The van der Waals surface area contributed by atoms with E-state index in [9.17, 15) is 9.59 Å². The maximum Gasteiger partial charge on any atom is 0.276 e. The van der Waals surface area contributed by atoms with Gasteiger partial charge in [0.2, 0.25) is 5.91 Å². The molecule has 1 aromatic carbocycles. The molecule has 2 aromatic heterocycles. The monoisotopic (exact) mass is 443 g/mol. The van der Waals surface area contributed by atoms with Gasteiger partial charge in [-0.05, 0) is 56.1 Å². The fourth-order valence-electron chi connectivity index (χ4n) is 2.92. The van der Waals surface area contributed by atoms with E-state index >= 15 is 0 Å². The number of amides is 2. The molecule has 0 aliphatic carbocycles. The number of rotatable bonds is 6. The van der Waals surface area contributed by atoms with Gasteiger partial charge in [0.1, 0.15) is 6.04 Å². The summed E-state index contributed by atoms with van der Waals surface area (Å²) in [6.45, 7) is 5.85. The van der Waals surface area contributed by atoms with Crippen molar-refractivity contribution in [3.8, 4) is 0 Å². The molecule has 0 bridgehead atoms. The molecular weight excluding hydrogens is 422 g/mol. The molecule has 0 saturated carbocycles. The molecule has 0 aliphatic rings. The molecule has 3 aromatic rings. The van der Waals surface area contributed by atoms with Crippen LogP contribution in [0, 0.1) is 0 Å². The Morgan fingerprint density at radius 2 is 1.93 bits per heavy atom. The second-order valence-corrected chi connectivity index (χ2v) is 8.82. The number of hydrogen-bond acceptors (Lipinski definition) is 6. The van der Waals surface area contributed by atoms with Crippen molar-refractivity contribution in [1.82, 2.24) is 24.8 Å². The summed E-state index contributed by atoms with van der Waals surface area (Å²) in [5, 5.41) is 9.05. The molecular formula is C21H22ClN5O2S. The van der Waals surface area contributed by atoms with E-state index in [4.69, 9.17) is 11.6 Å². The first kappa shape index (κ1) is 21.9. The number of pyridine rings is 1. The Bertz CT molecular complexity index is 988. The highest BCUT2D eigenvalue weighted by molar-refractivity contribution is 7.03. The van der Waals surface area contributed by atoms with Crippen LogP contribution >= 0.6 is 23.1 Å². The van der Waals surface area contributed by atoms with Crippen molar-refractivity contribution < 1.29 is 9.59 Å². The quantitative estimate of drug-likeness (QED) is 0.624. The van der Waals surface area contributed by atoms with Crippen LogP contribution in [0.3, 0.4) is 0 Å². The predicted molar refractivity (Wildman–Crippen MR) is 116 cm³/mol. The highest BCUT2D eigenvalue weighted by Gasteiger charge is 2.34. The normalized spacial score (nSPS) is 12.3. The molecule has 0 aliphatic heterocycles. The Morgan fingerprint density at radius 1 is 1.20 bits per heavy atom. The first-order valence-electron chi connectivity index (χ1n) is 9.29. The van der Waals surface area contributed by atoms with Crippen LogP contribution < -0.4 is 5.32 Å². The van der Waals surface area contributed by atoms with Gasteiger partial charge in [-0.3, -0.25) is 14.6 Å². The molecule has 0 unspecified atom stereocenters. The van der Waals surface area contributed by atoms with Crippen LogP contribution in [0.2, 0.25) is 5.02 Å². The van der Waals surface area contributed by atoms with Gasteiger partial charge in [-0.25, -0.2) is 0 Å². The Hall–Kier alpha value is -2.84. The zero-order valence-electron chi connectivity index (χ0n) is 16.9. The summed E-state index contributed by atoms with van der Waals surface area (Å²) in [7, 11) is 0. The number of nitrogens with zero attached hydrogens (tertiary/aromatic N) is 4. The minimum Gasteiger partial charge on any atom is -0.349 e. The fourth-order valence-corrected chi connectivity index (χ4v) is 3.48. The van der Waals surface area contributed by atoms with Crippen LogP contribution in [-0.4, -0.2) is 36.8 Å². The summed E-state index contributed by atoms with van der Waals surface area (Å²) in [5.74, 6) is -0.697. The molecule has 30 heavy (non-hydrogen) atoms. The van der Waals surface area contributed by atoms with Crippen LogP contribution in [-0.2, 0) is 11.3 Å². The SMILES string of the molecule is CC(C)(C)NC(=O)[C@H](c1cccnc1)N(Cc1ccc(Cl)cc1)C(=O)c1csnn1. The average Bonchev–Trinajstić information content (AvgIpc) is 3.23. The predicted octanol–water partition coefficient (Wildman–Crippen LogP) is 3.88. The number of carbonyl (C=O) groups is 2. The third-order valence-electron chi connectivity index (χ3n) is 4.16. The molecule has 156 valence electrons. The largest absolute Gasteiger partial charge is 0.349 e. The molecule has 0 fully saturated rings. The van der Waals surface area contributed by atoms with E-state index in [0.29, 0.717) is 10.6 Å². The van der Waals surface area contributed by atoms with Crippen LogP contribution in [0.15, 0.2) is 54.2 Å². The van der Waals surface area contributed by atoms with Crippen molar-refractivity contribution >= 4 is 34.9 Å². The van der Waals surface area contributed by atoms with Gasteiger partial charge in [0.15, 0.2) is 5.69 Å². The molecule has 3 rings (SSSR count). The number of benzene rings is 1. The highest BCUT2D eigenvalue weighted by atomic mass is 35.5.